The van der Waals surface area contributed by atoms with Crippen molar-refractivity contribution < 1.29 is 19.1 Å². The molecule has 1 aliphatic heterocycles. The topological polar surface area (TPSA) is 77.5 Å². The van der Waals surface area contributed by atoms with Crippen LogP contribution in [0.25, 0.3) is 10.8 Å². The number of hydrogen-bond donors (Lipinski definition) is 2. The Balaban J connectivity index is 1.91. The fourth-order valence-corrected chi connectivity index (χ4v) is 2.78. The monoisotopic (exact) mass is 332 g/mol. The number of amides is 1. The Labute approximate surface area is 138 Å². The number of pyridine rings is 1. The number of carbonyl (C=O) groups excluding carboxylic acids is 2. The molecule has 120 valence electrons. The maximum atomic E-state index is 11.6. The fraction of sp³-hybridized carbons (Fsp3) is 0.312. The molecule has 0 spiro atoms. The maximum Gasteiger partial charge on any atom is 0.221 e. The number of thiol groups is 1. The molecule has 1 aliphatic rings. The fourth-order valence-electron chi connectivity index (χ4n) is 2.61. The first-order valence-electron chi connectivity index (χ1n) is 7.20. The van der Waals surface area contributed by atoms with E-state index >= 15 is 0 Å². The summed E-state index contributed by atoms with van der Waals surface area (Å²) in [6.45, 7) is 0.355. The maximum absolute atomic E-state index is 11.6. The van der Waals surface area contributed by atoms with Crippen LogP contribution < -0.4 is 14.8 Å². The molecule has 1 N–H and O–H groups in total. The van der Waals surface area contributed by atoms with Gasteiger partial charge in [0.05, 0.1) is 18.7 Å². The summed E-state index contributed by atoms with van der Waals surface area (Å²) in [6.07, 6.45) is 2.90. The highest BCUT2D eigenvalue weighted by atomic mass is 32.1. The number of nitrogens with zero attached hydrogens (tertiary/aromatic N) is 1. The smallest absolute Gasteiger partial charge is 0.221 e. The number of aromatic nitrogens is 1. The summed E-state index contributed by atoms with van der Waals surface area (Å²) in [7, 11) is 1.49. The largest absolute Gasteiger partial charge is 0.496 e. The van der Waals surface area contributed by atoms with Gasteiger partial charge in [0.2, 0.25) is 16.9 Å². The van der Waals surface area contributed by atoms with Crippen LogP contribution >= 0.6 is 12.6 Å². The molecule has 1 saturated heterocycles. The number of ether oxygens (including phenoxy) is 2. The lowest BCUT2D eigenvalue weighted by atomic mass is 10.1. The Bertz CT molecular complexity index is 778. The predicted molar refractivity (Wildman–Crippen MR) is 88.3 cm³/mol. The first-order chi connectivity index (χ1) is 11.1. The molecule has 0 saturated carbocycles. The van der Waals surface area contributed by atoms with Crippen LogP contribution in [0.1, 0.15) is 23.2 Å². The molecule has 2 aromatic rings. The molecule has 2 heterocycles. The summed E-state index contributed by atoms with van der Waals surface area (Å²) in [5, 5.41) is 4.03. The molecule has 1 unspecified atom stereocenters. The number of carbonyl (C=O) groups is 2. The van der Waals surface area contributed by atoms with Crippen LogP contribution in [-0.2, 0) is 4.79 Å². The van der Waals surface area contributed by atoms with Crippen LogP contribution in [0.2, 0.25) is 0 Å². The van der Waals surface area contributed by atoms with Gasteiger partial charge in [0.15, 0.2) is 0 Å². The van der Waals surface area contributed by atoms with E-state index in [1.165, 1.54) is 7.11 Å². The SMILES string of the molecule is COc1cc2c(OCC3CCC(=O)N3)nccc2cc1C(=O)S. The van der Waals surface area contributed by atoms with Crippen molar-refractivity contribution in [1.29, 1.82) is 0 Å². The number of nitrogens with one attached hydrogen (secondary N) is 1. The number of hydrogen-bond acceptors (Lipinski definition) is 5. The lowest BCUT2D eigenvalue weighted by molar-refractivity contribution is -0.119. The van der Waals surface area contributed by atoms with Crippen LogP contribution in [0.5, 0.6) is 11.6 Å². The van der Waals surface area contributed by atoms with E-state index in [4.69, 9.17) is 9.47 Å². The molecule has 1 aromatic carbocycles. The van der Waals surface area contributed by atoms with Gasteiger partial charge in [-0.15, -0.1) is 12.6 Å². The third-order valence-corrected chi connectivity index (χ3v) is 4.03. The van der Waals surface area contributed by atoms with Crippen molar-refractivity contribution in [1.82, 2.24) is 10.3 Å². The van der Waals surface area contributed by atoms with Gasteiger partial charge in [-0.2, -0.15) is 0 Å². The van der Waals surface area contributed by atoms with Crippen LogP contribution in [0.3, 0.4) is 0 Å². The van der Waals surface area contributed by atoms with Gasteiger partial charge < -0.3 is 14.8 Å². The van der Waals surface area contributed by atoms with Gasteiger partial charge in [0.25, 0.3) is 0 Å². The summed E-state index contributed by atoms with van der Waals surface area (Å²) in [6, 6.07) is 5.21. The van der Waals surface area contributed by atoms with Crippen molar-refractivity contribution in [2.24, 2.45) is 0 Å². The Hall–Kier alpha value is -2.28. The molecule has 6 nitrogen and oxygen atoms in total. The van der Waals surface area contributed by atoms with Crippen LogP contribution in [-0.4, -0.2) is 35.8 Å². The minimum Gasteiger partial charge on any atom is -0.496 e. The Morgan fingerprint density at radius 1 is 1.48 bits per heavy atom. The van der Waals surface area contributed by atoms with Gasteiger partial charge in [-0.25, -0.2) is 4.98 Å². The second kappa shape index (κ2) is 6.45. The van der Waals surface area contributed by atoms with E-state index in [-0.39, 0.29) is 17.1 Å². The summed E-state index contributed by atoms with van der Waals surface area (Å²) in [5.41, 5.74) is 0.392. The molecule has 1 atom stereocenters. The minimum atomic E-state index is -0.364. The second-order valence-electron chi connectivity index (χ2n) is 5.31. The third-order valence-electron chi connectivity index (χ3n) is 3.78. The van der Waals surface area contributed by atoms with Crippen molar-refractivity contribution in [3.05, 3.63) is 30.0 Å². The van der Waals surface area contributed by atoms with Crippen LogP contribution in [0.15, 0.2) is 24.4 Å². The molecule has 0 radical (unpaired) electrons. The molecule has 0 bridgehead atoms. The van der Waals surface area contributed by atoms with E-state index in [1.54, 1.807) is 24.4 Å². The van der Waals surface area contributed by atoms with E-state index in [2.05, 4.69) is 22.9 Å². The second-order valence-corrected chi connectivity index (χ2v) is 5.72. The number of rotatable bonds is 5. The van der Waals surface area contributed by atoms with Crippen molar-refractivity contribution in [2.45, 2.75) is 18.9 Å². The molecular weight excluding hydrogens is 316 g/mol. The number of fused-ring (bicyclic) bond motifs is 1. The van der Waals surface area contributed by atoms with Gasteiger partial charge in [-0.3, -0.25) is 9.59 Å². The zero-order valence-corrected chi connectivity index (χ0v) is 13.4. The van der Waals surface area contributed by atoms with E-state index in [0.717, 1.165) is 17.2 Å². The Morgan fingerprint density at radius 2 is 2.30 bits per heavy atom. The van der Waals surface area contributed by atoms with E-state index < -0.39 is 0 Å². The molecule has 3 rings (SSSR count). The first-order valence-corrected chi connectivity index (χ1v) is 7.65. The standard InChI is InChI=1S/C16H16N2O4S/c1-21-13-7-11-9(6-12(13)16(20)23)4-5-17-15(11)22-8-10-2-3-14(19)18-10/h4-7,10H,2-3,8H2,1H3,(H,18,19)(H,20,23). The predicted octanol–water partition coefficient (Wildman–Crippen LogP) is 1.97. The number of benzene rings is 1. The molecule has 1 amide bonds. The average molecular weight is 332 g/mol. The van der Waals surface area contributed by atoms with Crippen LogP contribution in [0, 0.1) is 0 Å². The quantitative estimate of drug-likeness (QED) is 0.819. The normalized spacial score (nSPS) is 17.1. The highest BCUT2D eigenvalue weighted by Gasteiger charge is 2.22. The zero-order valence-electron chi connectivity index (χ0n) is 12.5. The number of methoxy groups -OCH3 is 1. The molecule has 1 fully saturated rings. The van der Waals surface area contributed by atoms with E-state index in [9.17, 15) is 9.59 Å². The van der Waals surface area contributed by atoms with Gasteiger partial charge >= 0.3 is 0 Å². The van der Waals surface area contributed by atoms with Gasteiger partial charge in [-0.05, 0) is 30.0 Å². The van der Waals surface area contributed by atoms with Gasteiger partial charge in [-0.1, -0.05) is 0 Å². The van der Waals surface area contributed by atoms with Gasteiger partial charge in [0, 0.05) is 18.0 Å². The summed E-state index contributed by atoms with van der Waals surface area (Å²) in [4.78, 5) is 27.0. The van der Waals surface area contributed by atoms with Crippen LogP contribution in [0.4, 0.5) is 0 Å². The highest BCUT2D eigenvalue weighted by Crippen LogP contribution is 2.31. The molecule has 0 aliphatic carbocycles. The van der Waals surface area contributed by atoms with Gasteiger partial charge in [0.1, 0.15) is 12.4 Å². The summed E-state index contributed by atoms with van der Waals surface area (Å²) < 4.78 is 11.0. The van der Waals surface area contributed by atoms with Crippen molar-refractivity contribution in [3.63, 3.8) is 0 Å². The first kappa shape index (κ1) is 15.6. The molecular formula is C16H16N2O4S. The van der Waals surface area contributed by atoms with E-state index in [0.29, 0.717) is 30.2 Å². The molecule has 7 heteroatoms. The lowest BCUT2D eigenvalue weighted by Crippen LogP contribution is -2.31. The molecule has 23 heavy (non-hydrogen) atoms. The minimum absolute atomic E-state index is 0.000237. The van der Waals surface area contributed by atoms with Crippen molar-refractivity contribution in [2.75, 3.05) is 13.7 Å². The Kier molecular flexibility index (Phi) is 4.38. The van der Waals surface area contributed by atoms with Crippen molar-refractivity contribution >= 4 is 34.4 Å². The zero-order chi connectivity index (χ0) is 16.4. The third kappa shape index (κ3) is 3.24. The molecule has 1 aromatic heterocycles. The van der Waals surface area contributed by atoms with E-state index in [1.807, 2.05) is 0 Å². The van der Waals surface area contributed by atoms with Crippen molar-refractivity contribution in [3.8, 4) is 11.6 Å². The average Bonchev–Trinajstić information content (AvgIpc) is 2.96. The highest BCUT2D eigenvalue weighted by molar-refractivity contribution is 7.97. The lowest BCUT2D eigenvalue weighted by Gasteiger charge is -2.14. The summed E-state index contributed by atoms with van der Waals surface area (Å²) >= 11 is 3.87. The Morgan fingerprint density at radius 3 is 2.96 bits per heavy atom. The summed E-state index contributed by atoms with van der Waals surface area (Å²) in [5.74, 6) is 0.910.